The first-order valence-electron chi connectivity index (χ1n) is 9.68. The molecule has 1 unspecified atom stereocenters. The van der Waals surface area contributed by atoms with E-state index in [9.17, 15) is 5.11 Å². The van der Waals surface area contributed by atoms with E-state index < -0.39 is 5.72 Å². The second kappa shape index (κ2) is 7.76. The predicted octanol–water partition coefficient (Wildman–Crippen LogP) is 4.12. The van der Waals surface area contributed by atoms with Gasteiger partial charge in [-0.05, 0) is 43.5 Å². The molecule has 6 heteroatoms. The number of hydrogen-bond donors (Lipinski definition) is 1. The lowest BCUT2D eigenvalue weighted by Crippen LogP contribution is -2.47. The van der Waals surface area contributed by atoms with E-state index in [1.165, 1.54) is 6.42 Å². The van der Waals surface area contributed by atoms with Crippen molar-refractivity contribution in [2.24, 2.45) is 0 Å². The zero-order valence-corrected chi connectivity index (χ0v) is 17.9. The second-order valence-electron chi connectivity index (χ2n) is 7.35. The van der Waals surface area contributed by atoms with Crippen LogP contribution in [0.15, 0.2) is 46.9 Å². The van der Waals surface area contributed by atoms with E-state index in [-0.39, 0.29) is 0 Å². The molecule has 5 nitrogen and oxygen atoms in total. The van der Waals surface area contributed by atoms with Gasteiger partial charge >= 0.3 is 0 Å². The van der Waals surface area contributed by atoms with Crippen LogP contribution in [0.1, 0.15) is 31.2 Å². The lowest BCUT2D eigenvalue weighted by Gasteiger charge is -2.30. The number of amidine groups is 1. The molecule has 0 saturated heterocycles. The summed E-state index contributed by atoms with van der Waals surface area (Å²) in [4.78, 5) is 2.07. The Labute approximate surface area is 174 Å². The SMILES string of the molecule is COc1ccc(N2C3=[N+](CCCCC3)CC2(O)c2ccc(Br)cc2)c(OC)c1. The van der Waals surface area contributed by atoms with Crippen LogP contribution in [0.3, 0.4) is 0 Å². The summed E-state index contributed by atoms with van der Waals surface area (Å²) in [7, 11) is 3.30. The first-order chi connectivity index (χ1) is 13.6. The Balaban J connectivity index is 1.87. The highest BCUT2D eigenvalue weighted by Crippen LogP contribution is 2.43. The standard InChI is InChI=1S/C22H26BrN2O3/c1-27-18-11-12-19(20(14-18)28-2)25-21-6-4-3-5-13-24(21)15-22(25,26)16-7-9-17(23)10-8-16/h7-12,14,26H,3-6,13,15H2,1-2H3/q+1. The number of rotatable bonds is 4. The topological polar surface area (TPSA) is 44.9 Å². The molecule has 2 aromatic rings. The summed E-state index contributed by atoms with van der Waals surface area (Å²) in [5, 5.41) is 12.0. The summed E-state index contributed by atoms with van der Waals surface area (Å²) < 4.78 is 14.4. The van der Waals surface area contributed by atoms with Gasteiger partial charge in [0.05, 0.1) is 20.8 Å². The Morgan fingerprint density at radius 2 is 1.82 bits per heavy atom. The fraction of sp³-hybridized carbons (Fsp3) is 0.409. The van der Waals surface area contributed by atoms with E-state index in [1.807, 2.05) is 42.5 Å². The highest BCUT2D eigenvalue weighted by atomic mass is 79.9. The number of aliphatic hydroxyl groups is 1. The third-order valence-electron chi connectivity index (χ3n) is 5.67. The first kappa shape index (κ1) is 19.3. The number of nitrogens with zero attached hydrogens (tertiary/aromatic N) is 2. The van der Waals surface area contributed by atoms with E-state index in [0.29, 0.717) is 12.3 Å². The Bertz CT molecular complexity index is 897. The van der Waals surface area contributed by atoms with Crippen molar-refractivity contribution in [3.05, 3.63) is 52.5 Å². The lowest BCUT2D eigenvalue weighted by atomic mass is 9.99. The predicted molar refractivity (Wildman–Crippen MR) is 114 cm³/mol. The summed E-state index contributed by atoms with van der Waals surface area (Å²) in [5.41, 5.74) is 0.567. The van der Waals surface area contributed by atoms with Crippen LogP contribution in [-0.2, 0) is 5.72 Å². The van der Waals surface area contributed by atoms with Crippen LogP contribution < -0.4 is 14.4 Å². The fourth-order valence-corrected chi connectivity index (χ4v) is 4.53. The van der Waals surface area contributed by atoms with Gasteiger partial charge in [-0.1, -0.05) is 28.1 Å². The summed E-state index contributed by atoms with van der Waals surface area (Å²) in [6.45, 7) is 1.50. The quantitative estimate of drug-likeness (QED) is 0.718. The molecule has 0 fully saturated rings. The van der Waals surface area contributed by atoms with Gasteiger partial charge in [-0.15, -0.1) is 0 Å². The number of hydrogen-bond acceptors (Lipinski definition) is 4. The van der Waals surface area contributed by atoms with E-state index in [0.717, 1.165) is 53.1 Å². The third-order valence-corrected chi connectivity index (χ3v) is 6.20. The van der Waals surface area contributed by atoms with Gasteiger partial charge < -0.3 is 14.6 Å². The molecule has 1 N–H and O–H groups in total. The molecule has 2 aliphatic rings. The van der Waals surface area contributed by atoms with Crippen molar-refractivity contribution in [2.45, 2.75) is 31.4 Å². The van der Waals surface area contributed by atoms with E-state index in [1.54, 1.807) is 14.2 Å². The van der Waals surface area contributed by atoms with Gasteiger partial charge in [-0.3, -0.25) is 4.58 Å². The number of methoxy groups -OCH3 is 2. The Morgan fingerprint density at radius 3 is 2.54 bits per heavy atom. The normalized spacial score (nSPS) is 22.1. The van der Waals surface area contributed by atoms with Gasteiger partial charge in [0.2, 0.25) is 0 Å². The molecule has 1 atom stereocenters. The molecule has 2 aliphatic heterocycles. The molecule has 2 aromatic carbocycles. The van der Waals surface area contributed by atoms with Gasteiger partial charge in [0.25, 0.3) is 11.6 Å². The molecule has 0 saturated carbocycles. The molecule has 2 heterocycles. The van der Waals surface area contributed by atoms with Crippen molar-refractivity contribution in [2.75, 3.05) is 32.2 Å². The van der Waals surface area contributed by atoms with Crippen LogP contribution in [0.25, 0.3) is 0 Å². The van der Waals surface area contributed by atoms with Gasteiger partial charge in [0, 0.05) is 22.5 Å². The highest BCUT2D eigenvalue weighted by Gasteiger charge is 2.54. The number of anilines is 1. The number of ether oxygens (including phenoxy) is 2. The molecule has 0 aliphatic carbocycles. The Morgan fingerprint density at radius 1 is 1.04 bits per heavy atom. The highest BCUT2D eigenvalue weighted by molar-refractivity contribution is 9.10. The summed E-state index contributed by atoms with van der Waals surface area (Å²) >= 11 is 3.50. The van der Waals surface area contributed by atoms with Crippen LogP contribution in [-0.4, -0.2) is 42.8 Å². The largest absolute Gasteiger partial charge is 0.497 e. The summed E-state index contributed by atoms with van der Waals surface area (Å²) in [5.74, 6) is 2.58. The summed E-state index contributed by atoms with van der Waals surface area (Å²) in [6, 6.07) is 13.7. The van der Waals surface area contributed by atoms with Gasteiger partial charge in [0.1, 0.15) is 5.75 Å². The van der Waals surface area contributed by atoms with Gasteiger partial charge in [-0.2, -0.15) is 4.90 Å². The molecule has 0 amide bonds. The van der Waals surface area contributed by atoms with Gasteiger partial charge in [0.15, 0.2) is 18.0 Å². The first-order valence-corrected chi connectivity index (χ1v) is 10.5. The number of benzene rings is 2. The Kier molecular flexibility index (Phi) is 5.34. The average Bonchev–Trinajstić information content (AvgIpc) is 2.84. The molecule has 28 heavy (non-hydrogen) atoms. The van der Waals surface area contributed by atoms with Gasteiger partial charge in [-0.25, -0.2) is 0 Å². The van der Waals surface area contributed by atoms with Crippen molar-refractivity contribution in [1.29, 1.82) is 0 Å². The minimum atomic E-state index is -1.16. The van der Waals surface area contributed by atoms with Crippen LogP contribution >= 0.6 is 15.9 Å². The monoisotopic (exact) mass is 445 g/mol. The van der Waals surface area contributed by atoms with E-state index in [2.05, 4.69) is 25.4 Å². The van der Waals surface area contributed by atoms with Crippen molar-refractivity contribution < 1.29 is 19.2 Å². The molecular weight excluding hydrogens is 420 g/mol. The molecule has 0 bridgehead atoms. The minimum Gasteiger partial charge on any atom is -0.497 e. The second-order valence-corrected chi connectivity index (χ2v) is 8.26. The smallest absolute Gasteiger partial charge is 0.275 e. The van der Waals surface area contributed by atoms with Crippen molar-refractivity contribution >= 4 is 27.5 Å². The maximum Gasteiger partial charge on any atom is 0.275 e. The lowest BCUT2D eigenvalue weighted by molar-refractivity contribution is -0.534. The molecule has 0 radical (unpaired) electrons. The van der Waals surface area contributed by atoms with Crippen LogP contribution in [0, 0.1) is 0 Å². The molecular formula is C22H26BrN2O3+. The maximum atomic E-state index is 12.0. The molecule has 4 rings (SSSR count). The number of halogens is 1. The van der Waals surface area contributed by atoms with E-state index in [4.69, 9.17) is 9.47 Å². The molecule has 148 valence electrons. The van der Waals surface area contributed by atoms with Crippen molar-refractivity contribution in [1.82, 2.24) is 0 Å². The van der Waals surface area contributed by atoms with Crippen LogP contribution in [0.2, 0.25) is 0 Å². The zero-order valence-electron chi connectivity index (χ0n) is 16.3. The summed E-state index contributed by atoms with van der Waals surface area (Å²) in [6.07, 6.45) is 4.42. The van der Waals surface area contributed by atoms with Crippen molar-refractivity contribution in [3.63, 3.8) is 0 Å². The van der Waals surface area contributed by atoms with Crippen LogP contribution in [0.5, 0.6) is 11.5 Å². The Hall–Kier alpha value is -2.05. The van der Waals surface area contributed by atoms with E-state index >= 15 is 0 Å². The molecule has 0 spiro atoms. The average molecular weight is 446 g/mol. The minimum absolute atomic E-state index is 0.541. The zero-order chi connectivity index (χ0) is 19.7. The fourth-order valence-electron chi connectivity index (χ4n) is 4.27. The van der Waals surface area contributed by atoms with Crippen LogP contribution in [0.4, 0.5) is 5.69 Å². The third kappa shape index (κ3) is 3.29. The maximum absolute atomic E-state index is 12.0. The van der Waals surface area contributed by atoms with Crippen molar-refractivity contribution in [3.8, 4) is 11.5 Å². The molecule has 0 aromatic heterocycles.